The van der Waals surface area contributed by atoms with Crippen molar-refractivity contribution in [3.8, 4) is 0 Å². The highest BCUT2D eigenvalue weighted by Gasteiger charge is 2.18. The number of nitrogens with one attached hydrogen (secondary N) is 2. The third kappa shape index (κ3) is 3.94. The topological polar surface area (TPSA) is 62.0 Å². The van der Waals surface area contributed by atoms with Gasteiger partial charge in [-0.2, -0.15) is 0 Å². The second-order valence-electron chi connectivity index (χ2n) is 5.60. The molecule has 1 saturated carbocycles. The van der Waals surface area contributed by atoms with Crippen LogP contribution in [0.5, 0.6) is 0 Å². The molecule has 1 aromatic heterocycles. The van der Waals surface area contributed by atoms with Crippen LogP contribution in [0.15, 0.2) is 23.3 Å². The fourth-order valence-electron chi connectivity index (χ4n) is 2.90. The van der Waals surface area contributed by atoms with Gasteiger partial charge in [0, 0.05) is 25.0 Å². The summed E-state index contributed by atoms with van der Waals surface area (Å²) in [5.74, 6) is 1.26. The Morgan fingerprint density at radius 3 is 3.05 bits per heavy atom. The molecule has 0 bridgehead atoms. The van der Waals surface area contributed by atoms with E-state index in [1.807, 2.05) is 0 Å². The van der Waals surface area contributed by atoms with E-state index in [-0.39, 0.29) is 16.9 Å². The third-order valence-corrected chi connectivity index (χ3v) is 3.95. The molecule has 1 aliphatic carbocycles. The minimum Gasteiger partial charge on any atom is -0.367 e. The summed E-state index contributed by atoms with van der Waals surface area (Å²) in [4.78, 5) is 26.1. The van der Waals surface area contributed by atoms with Crippen molar-refractivity contribution in [2.45, 2.75) is 39.0 Å². The molecule has 1 aliphatic rings. The van der Waals surface area contributed by atoms with Crippen molar-refractivity contribution in [1.29, 1.82) is 0 Å². The van der Waals surface area contributed by atoms with E-state index in [9.17, 15) is 9.59 Å². The number of hydrogen-bond acceptors (Lipinski definition) is 2. The maximum absolute atomic E-state index is 11.8. The molecule has 104 valence electrons. The summed E-state index contributed by atoms with van der Waals surface area (Å²) in [7, 11) is 0. The normalized spacial score (nSPS) is 23.0. The van der Waals surface area contributed by atoms with Gasteiger partial charge in [-0.25, -0.2) is 0 Å². The molecule has 19 heavy (non-hydrogen) atoms. The van der Waals surface area contributed by atoms with Crippen molar-refractivity contribution in [2.24, 2.45) is 11.8 Å². The predicted octanol–water partition coefficient (Wildman–Crippen LogP) is 2.32. The van der Waals surface area contributed by atoms with Crippen LogP contribution >= 0.6 is 0 Å². The van der Waals surface area contributed by atoms with E-state index in [1.165, 1.54) is 44.1 Å². The maximum Gasteiger partial charge on any atom is 0.256 e. The van der Waals surface area contributed by atoms with E-state index >= 15 is 0 Å². The number of carbonyl (C=O) groups is 1. The highest BCUT2D eigenvalue weighted by Crippen LogP contribution is 2.30. The Bertz CT molecular complexity index is 481. The zero-order valence-corrected chi connectivity index (χ0v) is 11.4. The van der Waals surface area contributed by atoms with Gasteiger partial charge in [0.25, 0.3) is 5.91 Å². The van der Waals surface area contributed by atoms with Gasteiger partial charge in [0.05, 0.1) is 0 Å². The molecular formula is C15H22N2O2. The zero-order chi connectivity index (χ0) is 13.7. The maximum atomic E-state index is 11.8. The average molecular weight is 262 g/mol. The molecule has 0 aliphatic heterocycles. The first kappa shape index (κ1) is 13.8. The Morgan fingerprint density at radius 2 is 2.32 bits per heavy atom. The van der Waals surface area contributed by atoms with Gasteiger partial charge >= 0.3 is 0 Å². The molecule has 0 aromatic carbocycles. The quantitative estimate of drug-likeness (QED) is 0.874. The lowest BCUT2D eigenvalue weighted by molar-refractivity contribution is 0.0948. The minimum absolute atomic E-state index is 0.194. The Hall–Kier alpha value is -1.58. The van der Waals surface area contributed by atoms with Crippen molar-refractivity contribution in [3.63, 3.8) is 0 Å². The van der Waals surface area contributed by atoms with Crippen molar-refractivity contribution < 1.29 is 4.79 Å². The molecule has 1 heterocycles. The van der Waals surface area contributed by atoms with E-state index in [2.05, 4.69) is 17.2 Å². The van der Waals surface area contributed by atoms with Crippen molar-refractivity contribution in [1.82, 2.24) is 10.3 Å². The molecule has 0 saturated heterocycles. The molecule has 4 heteroatoms. The van der Waals surface area contributed by atoms with Gasteiger partial charge in [0.1, 0.15) is 5.56 Å². The number of aromatic nitrogens is 1. The molecule has 1 aromatic rings. The molecule has 4 nitrogen and oxygen atoms in total. The lowest BCUT2D eigenvalue weighted by atomic mass is 9.81. The lowest BCUT2D eigenvalue weighted by Crippen LogP contribution is -2.30. The van der Waals surface area contributed by atoms with Gasteiger partial charge in [0.2, 0.25) is 0 Å². The number of H-pyrrole nitrogens is 1. The van der Waals surface area contributed by atoms with E-state index < -0.39 is 0 Å². The summed E-state index contributed by atoms with van der Waals surface area (Å²) in [6.45, 7) is 2.96. The van der Waals surface area contributed by atoms with Crippen LogP contribution in [-0.4, -0.2) is 17.4 Å². The highest BCUT2D eigenvalue weighted by molar-refractivity contribution is 5.93. The second-order valence-corrected chi connectivity index (χ2v) is 5.60. The van der Waals surface area contributed by atoms with Gasteiger partial charge in [-0.3, -0.25) is 9.59 Å². The van der Waals surface area contributed by atoms with E-state index in [0.29, 0.717) is 6.54 Å². The number of rotatable bonds is 4. The minimum atomic E-state index is -0.272. The number of amides is 1. The van der Waals surface area contributed by atoms with Crippen LogP contribution in [0.3, 0.4) is 0 Å². The van der Waals surface area contributed by atoms with Crippen molar-refractivity contribution >= 4 is 5.91 Å². The average Bonchev–Trinajstić information content (AvgIpc) is 2.39. The number of aromatic amines is 1. The largest absolute Gasteiger partial charge is 0.367 e. The molecule has 2 N–H and O–H groups in total. The molecule has 0 radical (unpaired) electrons. The van der Waals surface area contributed by atoms with Crippen LogP contribution in [0.1, 0.15) is 49.4 Å². The lowest BCUT2D eigenvalue weighted by Gasteiger charge is -2.26. The summed E-state index contributed by atoms with van der Waals surface area (Å²) in [6.07, 6.45) is 9.18. The third-order valence-electron chi connectivity index (χ3n) is 3.95. The van der Waals surface area contributed by atoms with Gasteiger partial charge in [-0.1, -0.05) is 26.2 Å². The SMILES string of the molecule is CC1CCCC(CCNC(=O)c2c[nH]ccc2=O)C1. The number of hydrogen-bond donors (Lipinski definition) is 2. The number of pyridine rings is 1. The standard InChI is InChI=1S/C15H22N2O2/c1-11-3-2-4-12(9-11)5-8-17-15(19)13-10-16-7-6-14(13)18/h6-7,10-12H,2-5,8-9H2,1H3,(H,16,18)(H,17,19). The summed E-state index contributed by atoms with van der Waals surface area (Å²) >= 11 is 0. The molecule has 2 rings (SSSR count). The molecule has 1 amide bonds. The summed E-state index contributed by atoms with van der Waals surface area (Å²) in [5, 5.41) is 2.84. The van der Waals surface area contributed by atoms with Gasteiger partial charge in [0.15, 0.2) is 5.43 Å². The van der Waals surface area contributed by atoms with Crippen LogP contribution in [0.2, 0.25) is 0 Å². The Morgan fingerprint density at radius 1 is 1.47 bits per heavy atom. The molecule has 2 atom stereocenters. The van der Waals surface area contributed by atoms with Crippen LogP contribution in [0, 0.1) is 11.8 Å². The first-order valence-electron chi connectivity index (χ1n) is 7.12. The van der Waals surface area contributed by atoms with Crippen LogP contribution in [-0.2, 0) is 0 Å². The fraction of sp³-hybridized carbons (Fsp3) is 0.600. The fourth-order valence-corrected chi connectivity index (χ4v) is 2.90. The summed E-state index contributed by atoms with van der Waals surface area (Å²) in [5.41, 5.74) is -0.0398. The van der Waals surface area contributed by atoms with Crippen LogP contribution in [0.4, 0.5) is 0 Å². The van der Waals surface area contributed by atoms with Gasteiger partial charge < -0.3 is 10.3 Å². The first-order chi connectivity index (χ1) is 9.16. The van der Waals surface area contributed by atoms with E-state index in [0.717, 1.165) is 18.3 Å². The van der Waals surface area contributed by atoms with E-state index in [1.54, 1.807) is 0 Å². The van der Waals surface area contributed by atoms with Crippen molar-refractivity contribution in [2.75, 3.05) is 6.54 Å². The molecule has 1 fully saturated rings. The smallest absolute Gasteiger partial charge is 0.256 e. The zero-order valence-electron chi connectivity index (χ0n) is 11.4. The van der Waals surface area contributed by atoms with Gasteiger partial charge in [-0.05, 0) is 24.7 Å². The summed E-state index contributed by atoms with van der Waals surface area (Å²) < 4.78 is 0. The van der Waals surface area contributed by atoms with E-state index in [4.69, 9.17) is 0 Å². The molecule has 0 spiro atoms. The number of carbonyl (C=O) groups excluding carboxylic acids is 1. The van der Waals surface area contributed by atoms with Crippen LogP contribution < -0.4 is 10.7 Å². The Balaban J connectivity index is 1.78. The monoisotopic (exact) mass is 262 g/mol. The summed E-state index contributed by atoms with van der Waals surface area (Å²) in [6, 6.07) is 1.37. The Kier molecular flexibility index (Phi) is 4.77. The Labute approximate surface area is 113 Å². The van der Waals surface area contributed by atoms with Crippen molar-refractivity contribution in [3.05, 3.63) is 34.2 Å². The molecular weight excluding hydrogens is 240 g/mol. The van der Waals surface area contributed by atoms with Crippen LogP contribution in [0.25, 0.3) is 0 Å². The highest BCUT2D eigenvalue weighted by atomic mass is 16.2. The first-order valence-corrected chi connectivity index (χ1v) is 7.12. The second kappa shape index (κ2) is 6.55. The predicted molar refractivity (Wildman–Crippen MR) is 75.1 cm³/mol. The van der Waals surface area contributed by atoms with Gasteiger partial charge in [-0.15, -0.1) is 0 Å². The molecule has 2 unspecified atom stereocenters.